The van der Waals surface area contributed by atoms with E-state index in [1.54, 1.807) is 36.4 Å². The van der Waals surface area contributed by atoms with Crippen LogP contribution in [0, 0.1) is 0 Å². The molecule has 1 aromatic carbocycles. The van der Waals surface area contributed by atoms with Crippen molar-refractivity contribution in [1.82, 2.24) is 24.9 Å². The van der Waals surface area contributed by atoms with Crippen molar-refractivity contribution in [2.75, 3.05) is 11.8 Å². The van der Waals surface area contributed by atoms with Gasteiger partial charge in [-0.05, 0) is 35.7 Å². The van der Waals surface area contributed by atoms with Gasteiger partial charge in [0.1, 0.15) is 0 Å². The fourth-order valence-corrected chi connectivity index (χ4v) is 4.13. The van der Waals surface area contributed by atoms with Crippen LogP contribution in [0.3, 0.4) is 0 Å². The van der Waals surface area contributed by atoms with E-state index in [0.717, 1.165) is 5.56 Å². The lowest BCUT2D eigenvalue weighted by Crippen LogP contribution is -2.17. The third kappa shape index (κ3) is 5.47. The molecule has 0 unspecified atom stereocenters. The van der Waals surface area contributed by atoms with Crippen LogP contribution in [-0.2, 0) is 10.0 Å². The lowest BCUT2D eigenvalue weighted by Gasteiger charge is -2.16. The first kappa shape index (κ1) is 24.3. The van der Waals surface area contributed by atoms with Crippen molar-refractivity contribution in [3.63, 3.8) is 0 Å². The fraction of sp³-hybridized carbons (Fsp3) is 0.174. The number of methoxy groups -OCH3 is 1. The maximum Gasteiger partial charge on any atom is 0.280 e. The topological polar surface area (TPSA) is 129 Å². The van der Waals surface area contributed by atoms with E-state index in [0.29, 0.717) is 5.75 Å². The highest BCUT2D eigenvalue weighted by Gasteiger charge is 2.25. The average molecular weight is 513 g/mol. The minimum Gasteiger partial charge on any atom is -0.493 e. The highest BCUT2D eigenvalue weighted by Crippen LogP contribution is 2.39. The zero-order valence-electron chi connectivity index (χ0n) is 19.0. The number of hydrogen-bond donors (Lipinski definition) is 1. The quantitative estimate of drug-likeness (QED) is 0.333. The molecule has 0 fully saturated rings. The number of benzene rings is 1. The van der Waals surface area contributed by atoms with E-state index in [-0.39, 0.29) is 45.1 Å². The van der Waals surface area contributed by atoms with Gasteiger partial charge < -0.3 is 9.47 Å². The number of rotatable bonds is 8. The van der Waals surface area contributed by atoms with Crippen LogP contribution in [0.4, 0.5) is 5.82 Å². The molecule has 10 nitrogen and oxygen atoms in total. The molecule has 0 radical (unpaired) electrons. The monoisotopic (exact) mass is 512 g/mol. The molecule has 0 aliphatic carbocycles. The number of para-hydroxylation sites is 2. The summed E-state index contributed by atoms with van der Waals surface area (Å²) in [5, 5.41) is -0.355. The van der Waals surface area contributed by atoms with Gasteiger partial charge in [-0.2, -0.15) is 8.42 Å². The van der Waals surface area contributed by atoms with E-state index < -0.39 is 10.0 Å². The van der Waals surface area contributed by atoms with E-state index in [2.05, 4.69) is 29.6 Å². The van der Waals surface area contributed by atoms with E-state index in [4.69, 9.17) is 21.1 Å². The second kappa shape index (κ2) is 10.2. The third-order valence-corrected chi connectivity index (χ3v) is 6.31. The first-order valence-electron chi connectivity index (χ1n) is 10.4. The largest absolute Gasteiger partial charge is 0.493 e. The second-order valence-electron chi connectivity index (χ2n) is 7.53. The molecule has 0 amide bonds. The summed E-state index contributed by atoms with van der Waals surface area (Å²) in [6, 6.07) is 11.5. The molecule has 1 N–H and O–H groups in total. The number of nitrogens with zero attached hydrogens (tertiary/aromatic N) is 5. The van der Waals surface area contributed by atoms with Gasteiger partial charge in [0.15, 0.2) is 33.3 Å². The van der Waals surface area contributed by atoms with Gasteiger partial charge in [0.25, 0.3) is 10.0 Å². The number of anilines is 1. The molecule has 0 spiro atoms. The maximum absolute atomic E-state index is 13.2. The van der Waals surface area contributed by atoms with Gasteiger partial charge in [0, 0.05) is 18.6 Å². The molecular weight excluding hydrogens is 492 g/mol. The van der Waals surface area contributed by atoms with Crippen LogP contribution >= 0.6 is 11.6 Å². The summed E-state index contributed by atoms with van der Waals surface area (Å²) in [4.78, 5) is 20.8. The molecule has 3 heterocycles. The Morgan fingerprint density at radius 2 is 1.63 bits per heavy atom. The summed E-state index contributed by atoms with van der Waals surface area (Å²) in [5.74, 6) is 0.693. The first-order valence-corrected chi connectivity index (χ1v) is 12.3. The Labute approximate surface area is 207 Å². The van der Waals surface area contributed by atoms with Gasteiger partial charge in [-0.3, -0.25) is 4.72 Å². The third-order valence-electron chi connectivity index (χ3n) is 4.80. The van der Waals surface area contributed by atoms with Gasteiger partial charge >= 0.3 is 0 Å². The predicted molar refractivity (Wildman–Crippen MR) is 130 cm³/mol. The molecule has 0 saturated heterocycles. The Bertz CT molecular complexity index is 1430. The Balaban J connectivity index is 1.80. The number of halogens is 1. The Morgan fingerprint density at radius 1 is 0.914 bits per heavy atom. The van der Waals surface area contributed by atoms with Gasteiger partial charge in [0.05, 0.1) is 7.11 Å². The minimum absolute atomic E-state index is 0.00351. The van der Waals surface area contributed by atoms with E-state index >= 15 is 0 Å². The number of sulfonamides is 1. The van der Waals surface area contributed by atoms with Gasteiger partial charge in [-0.15, -0.1) is 0 Å². The molecule has 4 rings (SSSR count). The summed E-state index contributed by atoms with van der Waals surface area (Å²) >= 11 is 6.44. The van der Waals surface area contributed by atoms with Gasteiger partial charge in [-0.1, -0.05) is 43.6 Å². The standard InChI is InChI=1S/C23H21ClN6O4S/c1-14(2)15-9-10-18(27-13-15)35(31,32)30-21-19(34-17-8-5-4-7-16(17)33-3)20(24)28-23(29-21)22-25-11-6-12-26-22/h4-14H,1-3H3,(H,28,29,30). The smallest absolute Gasteiger partial charge is 0.280 e. The van der Waals surface area contributed by atoms with Crippen molar-refractivity contribution < 1.29 is 17.9 Å². The number of ether oxygens (including phenoxy) is 2. The van der Waals surface area contributed by atoms with Crippen LogP contribution in [-0.4, -0.2) is 40.4 Å². The number of aromatic nitrogens is 5. The van der Waals surface area contributed by atoms with Crippen molar-refractivity contribution in [2.45, 2.75) is 24.8 Å². The van der Waals surface area contributed by atoms with Gasteiger partial charge in [-0.25, -0.2) is 24.9 Å². The van der Waals surface area contributed by atoms with Gasteiger partial charge in [0.2, 0.25) is 11.6 Å². The fourth-order valence-electron chi connectivity index (χ4n) is 2.98. The zero-order chi connectivity index (χ0) is 25.0. The molecular formula is C23H21ClN6O4S. The van der Waals surface area contributed by atoms with Crippen molar-refractivity contribution in [1.29, 1.82) is 0 Å². The molecule has 4 aromatic rings. The summed E-state index contributed by atoms with van der Waals surface area (Å²) in [7, 11) is -2.69. The summed E-state index contributed by atoms with van der Waals surface area (Å²) in [6.45, 7) is 3.97. The molecule has 0 saturated carbocycles. The molecule has 180 valence electrons. The summed E-state index contributed by atoms with van der Waals surface area (Å²) < 4.78 is 40.0. The molecule has 35 heavy (non-hydrogen) atoms. The van der Waals surface area contributed by atoms with Crippen molar-refractivity contribution >= 4 is 27.4 Å². The summed E-state index contributed by atoms with van der Waals surface area (Å²) in [5.41, 5.74) is 0.901. The van der Waals surface area contributed by atoms with E-state index in [1.165, 1.54) is 31.8 Å². The first-order chi connectivity index (χ1) is 16.8. The molecule has 3 aromatic heterocycles. The van der Waals surface area contributed by atoms with E-state index in [1.807, 2.05) is 13.8 Å². The second-order valence-corrected chi connectivity index (χ2v) is 9.52. The highest BCUT2D eigenvalue weighted by molar-refractivity contribution is 7.92. The summed E-state index contributed by atoms with van der Waals surface area (Å²) in [6.07, 6.45) is 4.52. The zero-order valence-corrected chi connectivity index (χ0v) is 20.6. The molecule has 0 aliphatic rings. The number of nitrogens with one attached hydrogen (secondary N) is 1. The van der Waals surface area contributed by atoms with Crippen LogP contribution in [0.5, 0.6) is 17.2 Å². The highest BCUT2D eigenvalue weighted by atomic mass is 35.5. The Hall–Kier alpha value is -3.83. The van der Waals surface area contributed by atoms with Crippen molar-refractivity contribution in [2.24, 2.45) is 0 Å². The Morgan fingerprint density at radius 3 is 2.26 bits per heavy atom. The lowest BCUT2D eigenvalue weighted by molar-refractivity contribution is 0.378. The van der Waals surface area contributed by atoms with E-state index in [9.17, 15) is 8.42 Å². The number of pyridine rings is 1. The van der Waals surface area contributed by atoms with Crippen LogP contribution in [0.1, 0.15) is 25.3 Å². The SMILES string of the molecule is COc1ccccc1Oc1c(Cl)nc(-c2ncccn2)nc1NS(=O)(=O)c1ccc(C(C)C)cn1. The molecule has 0 atom stereocenters. The van der Waals surface area contributed by atoms with Crippen LogP contribution in [0.15, 0.2) is 66.1 Å². The minimum atomic E-state index is -4.16. The van der Waals surface area contributed by atoms with Crippen molar-refractivity contribution in [3.05, 3.63) is 71.8 Å². The Kier molecular flexibility index (Phi) is 7.08. The van der Waals surface area contributed by atoms with Crippen LogP contribution in [0.25, 0.3) is 11.6 Å². The predicted octanol–water partition coefficient (Wildman–Crippen LogP) is 4.71. The molecule has 0 aliphatic heterocycles. The van der Waals surface area contributed by atoms with Crippen LogP contribution in [0.2, 0.25) is 5.15 Å². The lowest BCUT2D eigenvalue weighted by atomic mass is 10.1. The molecule has 0 bridgehead atoms. The number of hydrogen-bond acceptors (Lipinski definition) is 9. The van der Waals surface area contributed by atoms with Crippen LogP contribution < -0.4 is 14.2 Å². The normalized spacial score (nSPS) is 11.3. The average Bonchev–Trinajstić information content (AvgIpc) is 2.86. The molecule has 12 heteroatoms. The maximum atomic E-state index is 13.2. The van der Waals surface area contributed by atoms with Crippen molar-refractivity contribution in [3.8, 4) is 28.9 Å².